The minimum atomic E-state index is -0.351. The molecule has 2 N–H and O–H groups in total. The first-order valence-electron chi connectivity index (χ1n) is 8.10. The van der Waals surface area contributed by atoms with Gasteiger partial charge in [-0.1, -0.05) is 23.7 Å². The van der Waals surface area contributed by atoms with Crippen molar-refractivity contribution in [2.24, 2.45) is 11.3 Å². The molecule has 3 fully saturated rings. The fourth-order valence-electron chi connectivity index (χ4n) is 4.02. The van der Waals surface area contributed by atoms with Gasteiger partial charge in [0, 0.05) is 43.5 Å². The van der Waals surface area contributed by atoms with Crippen molar-refractivity contribution in [3.8, 4) is 0 Å². The molecular weight excluding hydrogens is 314 g/mol. The normalized spacial score (nSPS) is 28.2. The molecule has 3 heterocycles. The average Bonchev–Trinajstić information content (AvgIpc) is 3.01. The first-order chi connectivity index (χ1) is 11.1. The molecule has 23 heavy (non-hydrogen) atoms. The fraction of sp³-hybridized carbons (Fsp3) is 0.529. The predicted molar refractivity (Wildman–Crippen MR) is 87.1 cm³/mol. The molecule has 2 atom stereocenters. The zero-order chi connectivity index (χ0) is 16.0. The van der Waals surface area contributed by atoms with Crippen molar-refractivity contribution in [3.05, 3.63) is 34.9 Å². The highest BCUT2D eigenvalue weighted by atomic mass is 35.5. The summed E-state index contributed by atoms with van der Waals surface area (Å²) in [7, 11) is 0. The molecular formula is C17H20ClN3O2. The lowest BCUT2D eigenvalue weighted by atomic mass is 9.75. The third kappa shape index (κ3) is 2.62. The molecule has 6 heteroatoms. The number of nitrogens with one attached hydrogen (secondary N) is 2. The monoisotopic (exact) mass is 333 g/mol. The average molecular weight is 334 g/mol. The van der Waals surface area contributed by atoms with Gasteiger partial charge in [-0.05, 0) is 24.1 Å². The summed E-state index contributed by atoms with van der Waals surface area (Å²) in [6, 6.07) is 7.88. The van der Waals surface area contributed by atoms with E-state index < -0.39 is 0 Å². The van der Waals surface area contributed by atoms with Crippen molar-refractivity contribution in [1.29, 1.82) is 0 Å². The number of hydrogen-bond donors (Lipinski definition) is 2. The largest absolute Gasteiger partial charge is 0.351 e. The summed E-state index contributed by atoms with van der Waals surface area (Å²) in [5, 5.41) is 6.95. The van der Waals surface area contributed by atoms with Crippen LogP contribution >= 0.6 is 11.6 Å². The van der Waals surface area contributed by atoms with Crippen LogP contribution in [0.25, 0.3) is 0 Å². The molecule has 0 unspecified atom stereocenters. The quantitative estimate of drug-likeness (QED) is 0.861. The van der Waals surface area contributed by atoms with Gasteiger partial charge in [-0.15, -0.1) is 0 Å². The molecule has 5 nitrogen and oxygen atoms in total. The number of nitrogens with zero attached hydrogens (tertiary/aromatic N) is 1. The van der Waals surface area contributed by atoms with E-state index in [1.807, 2.05) is 29.2 Å². The standard InChI is InChI=1S/C17H20ClN3O2/c18-13-3-1-11(2-4-13)6-17(9-19-10-17)16(23)21-7-12-5-15(22)20-14(12)8-21/h1-4,12,14,19H,5-10H2,(H,20,22)/t12-,14+/m0/s1. The fourth-order valence-corrected chi connectivity index (χ4v) is 4.14. The smallest absolute Gasteiger partial charge is 0.231 e. The molecule has 4 rings (SSSR count). The molecule has 0 aliphatic carbocycles. The van der Waals surface area contributed by atoms with Crippen LogP contribution in [-0.4, -0.2) is 48.9 Å². The number of hydrogen-bond acceptors (Lipinski definition) is 3. The second kappa shape index (κ2) is 5.49. The minimum Gasteiger partial charge on any atom is -0.351 e. The van der Waals surface area contributed by atoms with E-state index >= 15 is 0 Å². The summed E-state index contributed by atoms with van der Waals surface area (Å²) in [4.78, 5) is 26.5. The third-order valence-corrected chi connectivity index (χ3v) is 5.61. The molecule has 0 radical (unpaired) electrons. The van der Waals surface area contributed by atoms with Crippen LogP contribution < -0.4 is 10.6 Å². The van der Waals surface area contributed by atoms with E-state index in [0.717, 1.165) is 12.0 Å². The highest BCUT2D eigenvalue weighted by Crippen LogP contribution is 2.34. The number of amides is 2. The van der Waals surface area contributed by atoms with Crippen LogP contribution in [0.15, 0.2) is 24.3 Å². The van der Waals surface area contributed by atoms with E-state index in [0.29, 0.717) is 37.6 Å². The zero-order valence-electron chi connectivity index (χ0n) is 12.8. The number of rotatable bonds is 3. The van der Waals surface area contributed by atoms with Crippen molar-refractivity contribution in [2.75, 3.05) is 26.2 Å². The van der Waals surface area contributed by atoms with Gasteiger partial charge in [-0.25, -0.2) is 0 Å². The lowest BCUT2D eigenvalue weighted by Crippen LogP contribution is -2.63. The topological polar surface area (TPSA) is 61.4 Å². The second-order valence-electron chi connectivity index (χ2n) is 7.04. The van der Waals surface area contributed by atoms with Crippen molar-refractivity contribution in [2.45, 2.75) is 18.9 Å². The molecule has 0 saturated carbocycles. The number of halogens is 1. The van der Waals surface area contributed by atoms with Gasteiger partial charge < -0.3 is 15.5 Å². The van der Waals surface area contributed by atoms with Crippen molar-refractivity contribution in [1.82, 2.24) is 15.5 Å². The van der Waals surface area contributed by atoms with Crippen LogP contribution in [-0.2, 0) is 16.0 Å². The van der Waals surface area contributed by atoms with Gasteiger partial charge in [0.1, 0.15) is 0 Å². The third-order valence-electron chi connectivity index (χ3n) is 5.36. The van der Waals surface area contributed by atoms with Crippen molar-refractivity contribution in [3.63, 3.8) is 0 Å². The number of likely N-dealkylation sites (tertiary alicyclic amines) is 1. The zero-order valence-corrected chi connectivity index (χ0v) is 13.6. The molecule has 0 aromatic heterocycles. The Morgan fingerprint density at radius 3 is 2.61 bits per heavy atom. The lowest BCUT2D eigenvalue weighted by Gasteiger charge is -2.43. The van der Waals surface area contributed by atoms with Crippen LogP contribution in [0.4, 0.5) is 0 Å². The Kier molecular flexibility index (Phi) is 3.58. The number of benzene rings is 1. The van der Waals surface area contributed by atoms with Crippen LogP contribution in [0.5, 0.6) is 0 Å². The predicted octanol–water partition coefficient (Wildman–Crippen LogP) is 0.819. The van der Waals surface area contributed by atoms with E-state index in [9.17, 15) is 9.59 Å². The van der Waals surface area contributed by atoms with E-state index in [1.54, 1.807) is 0 Å². The van der Waals surface area contributed by atoms with E-state index in [4.69, 9.17) is 11.6 Å². The molecule has 1 aromatic rings. The lowest BCUT2D eigenvalue weighted by molar-refractivity contribution is -0.144. The van der Waals surface area contributed by atoms with Crippen LogP contribution in [0.3, 0.4) is 0 Å². The highest BCUT2D eigenvalue weighted by Gasteiger charge is 2.50. The molecule has 122 valence electrons. The van der Waals surface area contributed by atoms with Crippen LogP contribution in [0.1, 0.15) is 12.0 Å². The van der Waals surface area contributed by atoms with Gasteiger partial charge >= 0.3 is 0 Å². The summed E-state index contributed by atoms with van der Waals surface area (Å²) in [6.45, 7) is 2.78. The molecule has 0 spiro atoms. The van der Waals surface area contributed by atoms with Crippen molar-refractivity contribution >= 4 is 23.4 Å². The van der Waals surface area contributed by atoms with E-state index in [-0.39, 0.29) is 29.2 Å². The van der Waals surface area contributed by atoms with E-state index in [2.05, 4.69) is 10.6 Å². The van der Waals surface area contributed by atoms with Gasteiger partial charge in [0.15, 0.2) is 0 Å². The Morgan fingerprint density at radius 1 is 1.26 bits per heavy atom. The van der Waals surface area contributed by atoms with Gasteiger partial charge in [-0.3, -0.25) is 9.59 Å². The Labute approximate surface area is 140 Å². The summed E-state index contributed by atoms with van der Waals surface area (Å²) in [5.41, 5.74) is 0.785. The number of carbonyl (C=O) groups is 2. The molecule has 1 aromatic carbocycles. The maximum absolute atomic E-state index is 13.1. The van der Waals surface area contributed by atoms with Crippen LogP contribution in [0.2, 0.25) is 5.02 Å². The summed E-state index contributed by atoms with van der Waals surface area (Å²) >= 11 is 5.94. The SMILES string of the molecule is O=C1C[C@H]2CN(C(=O)C3(Cc4ccc(Cl)cc4)CNC3)C[C@H]2N1. The summed E-state index contributed by atoms with van der Waals surface area (Å²) in [6.07, 6.45) is 1.28. The maximum atomic E-state index is 13.1. The Morgan fingerprint density at radius 2 is 2.00 bits per heavy atom. The first-order valence-corrected chi connectivity index (χ1v) is 8.47. The van der Waals surface area contributed by atoms with Gasteiger partial charge in [0.25, 0.3) is 0 Å². The van der Waals surface area contributed by atoms with Gasteiger partial charge in [0.05, 0.1) is 11.5 Å². The second-order valence-corrected chi connectivity index (χ2v) is 7.47. The molecule has 3 aliphatic heterocycles. The van der Waals surface area contributed by atoms with Gasteiger partial charge in [-0.2, -0.15) is 0 Å². The van der Waals surface area contributed by atoms with Crippen LogP contribution in [0, 0.1) is 11.3 Å². The Balaban J connectivity index is 1.47. The first kappa shape index (κ1) is 15.0. The molecule has 3 aliphatic rings. The maximum Gasteiger partial charge on any atom is 0.231 e. The van der Waals surface area contributed by atoms with Gasteiger partial charge in [0.2, 0.25) is 11.8 Å². The Bertz CT molecular complexity index is 626. The number of carbonyl (C=O) groups excluding carboxylic acids is 2. The van der Waals surface area contributed by atoms with E-state index in [1.165, 1.54) is 0 Å². The Hall–Kier alpha value is -1.59. The molecule has 0 bridgehead atoms. The summed E-state index contributed by atoms with van der Waals surface area (Å²) < 4.78 is 0. The molecule has 3 saturated heterocycles. The number of fused-ring (bicyclic) bond motifs is 1. The minimum absolute atomic E-state index is 0.119. The molecule has 2 amide bonds. The summed E-state index contributed by atoms with van der Waals surface area (Å²) in [5.74, 6) is 0.621. The highest BCUT2D eigenvalue weighted by molar-refractivity contribution is 6.30. The van der Waals surface area contributed by atoms with Crippen molar-refractivity contribution < 1.29 is 9.59 Å².